The average molecular weight is 201 g/mol. The van der Waals surface area contributed by atoms with Crippen molar-refractivity contribution in [2.24, 2.45) is 7.05 Å². The van der Waals surface area contributed by atoms with E-state index in [9.17, 15) is 13.6 Å². The van der Waals surface area contributed by atoms with Gasteiger partial charge >= 0.3 is 0 Å². The van der Waals surface area contributed by atoms with E-state index in [2.05, 4.69) is 4.98 Å². The summed E-state index contributed by atoms with van der Waals surface area (Å²) in [5, 5.41) is 0. The molecule has 14 heavy (non-hydrogen) atoms. The van der Waals surface area contributed by atoms with Crippen molar-refractivity contribution in [1.82, 2.24) is 9.55 Å². The first-order valence-corrected chi connectivity index (χ1v) is 4.14. The van der Waals surface area contributed by atoms with Gasteiger partial charge in [-0.05, 0) is 0 Å². The minimum atomic E-state index is -2.68. The highest BCUT2D eigenvalue weighted by molar-refractivity contribution is 5.40. The third kappa shape index (κ3) is 1.36. The van der Waals surface area contributed by atoms with Crippen LogP contribution in [0, 0.1) is 0 Å². The summed E-state index contributed by atoms with van der Waals surface area (Å²) in [5.74, 6) is -2.58. The summed E-state index contributed by atoms with van der Waals surface area (Å²) in [5.41, 5.74) is -0.344. The summed E-state index contributed by atoms with van der Waals surface area (Å²) >= 11 is 0. The maximum absolute atomic E-state index is 12.5. The van der Waals surface area contributed by atoms with Crippen LogP contribution in [0.2, 0.25) is 0 Å². The Morgan fingerprint density at radius 3 is 2.71 bits per heavy atom. The molecule has 0 unspecified atom stereocenters. The summed E-state index contributed by atoms with van der Waals surface area (Å²) in [6.07, 6.45) is 2.91. The lowest BCUT2D eigenvalue weighted by atomic mass is 10.1. The normalized spacial score (nSPS) is 19.2. The molecular weight excluding hydrogens is 192 g/mol. The van der Waals surface area contributed by atoms with Crippen LogP contribution in [0.5, 0.6) is 0 Å². The molecule has 4 nitrogen and oxygen atoms in total. The van der Waals surface area contributed by atoms with Crippen molar-refractivity contribution in [3.63, 3.8) is 0 Å². The highest BCUT2D eigenvalue weighted by atomic mass is 19.3. The molecule has 1 aromatic heterocycles. The molecule has 6 heteroatoms. The average Bonchev–Trinajstić information content (AvgIpc) is 2.06. The van der Waals surface area contributed by atoms with Crippen molar-refractivity contribution in [2.45, 2.75) is 5.92 Å². The van der Waals surface area contributed by atoms with Gasteiger partial charge in [-0.15, -0.1) is 0 Å². The fourth-order valence-corrected chi connectivity index (χ4v) is 1.36. The molecule has 0 bridgehead atoms. The zero-order valence-corrected chi connectivity index (χ0v) is 7.57. The van der Waals surface area contributed by atoms with Crippen LogP contribution in [0.25, 0.3) is 0 Å². The van der Waals surface area contributed by atoms with Crippen molar-refractivity contribution in [1.29, 1.82) is 0 Å². The molecule has 1 fully saturated rings. The second kappa shape index (κ2) is 2.76. The number of halogens is 2. The first kappa shape index (κ1) is 9.11. The van der Waals surface area contributed by atoms with Crippen molar-refractivity contribution in [2.75, 3.05) is 18.0 Å². The fraction of sp³-hybridized carbons (Fsp3) is 0.500. The van der Waals surface area contributed by atoms with Gasteiger partial charge in [-0.25, -0.2) is 13.8 Å². The van der Waals surface area contributed by atoms with E-state index in [0.717, 1.165) is 0 Å². The standard InChI is InChI=1S/C8H9F2N3O/c1-12-3-2-11-6(7(12)14)13-4-8(9,10)5-13/h2-3H,4-5H2,1H3. The van der Waals surface area contributed by atoms with Crippen molar-refractivity contribution < 1.29 is 8.78 Å². The van der Waals surface area contributed by atoms with Gasteiger partial charge in [0.05, 0.1) is 13.1 Å². The Hall–Kier alpha value is -1.46. The van der Waals surface area contributed by atoms with Crippen LogP contribution < -0.4 is 10.5 Å². The van der Waals surface area contributed by atoms with Gasteiger partial charge in [0.1, 0.15) is 0 Å². The Morgan fingerprint density at radius 2 is 2.14 bits per heavy atom. The predicted octanol–water partition coefficient (Wildman–Crippen LogP) is 0.236. The number of nitrogens with zero attached hydrogens (tertiary/aromatic N) is 3. The highest BCUT2D eigenvalue weighted by Crippen LogP contribution is 2.28. The molecule has 1 saturated heterocycles. The topological polar surface area (TPSA) is 38.1 Å². The molecule has 1 aromatic rings. The lowest BCUT2D eigenvalue weighted by molar-refractivity contribution is -0.0268. The van der Waals surface area contributed by atoms with Crippen molar-refractivity contribution >= 4 is 5.82 Å². The molecule has 0 spiro atoms. The SMILES string of the molecule is Cn1ccnc(N2CC(F)(F)C2)c1=O. The van der Waals surface area contributed by atoms with Crippen LogP contribution >= 0.6 is 0 Å². The number of alkyl halides is 2. The molecule has 76 valence electrons. The second-order valence-corrected chi connectivity index (χ2v) is 3.38. The zero-order chi connectivity index (χ0) is 10.3. The van der Waals surface area contributed by atoms with Gasteiger partial charge in [-0.3, -0.25) is 4.79 Å². The third-order valence-corrected chi connectivity index (χ3v) is 2.14. The minimum Gasteiger partial charge on any atom is -0.340 e. The molecule has 0 aromatic carbocycles. The number of aromatic nitrogens is 2. The summed E-state index contributed by atoms with van der Waals surface area (Å²) in [7, 11) is 1.56. The molecule has 0 aliphatic carbocycles. The van der Waals surface area contributed by atoms with E-state index in [-0.39, 0.29) is 11.4 Å². The first-order valence-electron chi connectivity index (χ1n) is 4.14. The minimum absolute atomic E-state index is 0.0981. The quantitative estimate of drug-likeness (QED) is 0.653. The molecule has 0 saturated carbocycles. The molecule has 0 amide bonds. The summed E-state index contributed by atoms with van der Waals surface area (Å²) in [6.45, 7) is -0.835. The van der Waals surface area contributed by atoms with Crippen LogP contribution in [-0.2, 0) is 7.05 Å². The lowest BCUT2D eigenvalue weighted by Gasteiger charge is -2.38. The van der Waals surface area contributed by atoms with E-state index in [1.54, 1.807) is 7.05 Å². The van der Waals surface area contributed by atoms with E-state index >= 15 is 0 Å². The summed E-state index contributed by atoms with van der Waals surface area (Å²) < 4.78 is 26.4. The molecule has 2 heterocycles. The van der Waals surface area contributed by atoms with E-state index < -0.39 is 19.0 Å². The Balaban J connectivity index is 2.27. The van der Waals surface area contributed by atoms with Gasteiger partial charge in [-0.2, -0.15) is 0 Å². The monoisotopic (exact) mass is 201 g/mol. The Kier molecular flexibility index (Phi) is 1.80. The fourth-order valence-electron chi connectivity index (χ4n) is 1.36. The van der Waals surface area contributed by atoms with Gasteiger partial charge < -0.3 is 9.47 Å². The largest absolute Gasteiger partial charge is 0.340 e. The molecular formula is C8H9F2N3O. The van der Waals surface area contributed by atoms with E-state index in [0.29, 0.717) is 0 Å². The molecule has 1 aliphatic rings. The van der Waals surface area contributed by atoms with E-state index in [4.69, 9.17) is 0 Å². The molecule has 0 N–H and O–H groups in total. The summed E-state index contributed by atoms with van der Waals surface area (Å²) in [4.78, 5) is 16.5. The smallest absolute Gasteiger partial charge is 0.293 e. The van der Waals surface area contributed by atoms with Crippen LogP contribution in [0.1, 0.15) is 0 Å². The maximum Gasteiger partial charge on any atom is 0.293 e. The number of hydrogen-bond acceptors (Lipinski definition) is 3. The predicted molar refractivity (Wildman–Crippen MR) is 46.6 cm³/mol. The molecule has 0 atom stereocenters. The van der Waals surface area contributed by atoms with Crippen LogP contribution in [0.3, 0.4) is 0 Å². The number of rotatable bonds is 1. The van der Waals surface area contributed by atoms with Crippen molar-refractivity contribution in [3.05, 3.63) is 22.7 Å². The van der Waals surface area contributed by atoms with E-state index in [1.165, 1.54) is 21.9 Å². The number of aryl methyl sites for hydroxylation is 1. The van der Waals surface area contributed by atoms with Gasteiger partial charge in [0.2, 0.25) is 0 Å². The molecule has 0 radical (unpaired) electrons. The number of hydrogen-bond donors (Lipinski definition) is 0. The van der Waals surface area contributed by atoms with Gasteiger partial charge in [0.25, 0.3) is 11.5 Å². The first-order chi connectivity index (χ1) is 6.49. The van der Waals surface area contributed by atoms with Gasteiger partial charge in [-0.1, -0.05) is 0 Å². The highest BCUT2D eigenvalue weighted by Gasteiger charge is 2.45. The van der Waals surface area contributed by atoms with Crippen LogP contribution in [0.4, 0.5) is 14.6 Å². The zero-order valence-electron chi connectivity index (χ0n) is 7.57. The van der Waals surface area contributed by atoms with Crippen LogP contribution in [-0.4, -0.2) is 28.6 Å². The Morgan fingerprint density at radius 1 is 1.50 bits per heavy atom. The Bertz CT molecular complexity index is 407. The molecule has 1 aliphatic heterocycles. The van der Waals surface area contributed by atoms with Gasteiger partial charge in [0.15, 0.2) is 5.82 Å². The lowest BCUT2D eigenvalue weighted by Crippen LogP contribution is -2.58. The maximum atomic E-state index is 12.5. The molecule has 2 rings (SSSR count). The third-order valence-electron chi connectivity index (χ3n) is 2.14. The van der Waals surface area contributed by atoms with Crippen LogP contribution in [0.15, 0.2) is 17.2 Å². The van der Waals surface area contributed by atoms with Gasteiger partial charge in [0, 0.05) is 19.4 Å². The summed E-state index contributed by atoms with van der Waals surface area (Å²) in [6, 6.07) is 0. The van der Waals surface area contributed by atoms with Crippen molar-refractivity contribution in [3.8, 4) is 0 Å². The second-order valence-electron chi connectivity index (χ2n) is 3.38. The number of anilines is 1. The Labute approximate surface area is 78.8 Å². The van der Waals surface area contributed by atoms with E-state index in [1.807, 2.05) is 0 Å².